The molecule has 26 heavy (non-hydrogen) atoms. The zero-order valence-corrected chi connectivity index (χ0v) is 14.8. The van der Waals surface area contributed by atoms with Crippen molar-refractivity contribution in [2.75, 3.05) is 20.1 Å². The summed E-state index contributed by atoms with van der Waals surface area (Å²) in [6.45, 7) is 2.42. The number of piperidine rings is 1. The summed E-state index contributed by atoms with van der Waals surface area (Å²) in [6, 6.07) is 6.43. The van der Waals surface area contributed by atoms with Crippen molar-refractivity contribution in [3.05, 3.63) is 29.8 Å². The molecule has 144 valence electrons. The summed E-state index contributed by atoms with van der Waals surface area (Å²) in [5, 5.41) is 0. The van der Waals surface area contributed by atoms with E-state index >= 15 is 0 Å². The smallest absolute Gasteiger partial charge is 0.406 e. The molecule has 1 heterocycles. The summed E-state index contributed by atoms with van der Waals surface area (Å²) in [5.41, 5.74) is 3.66. The number of nitrogens with one attached hydrogen (secondary N) is 1. The molecule has 2 fully saturated rings. The van der Waals surface area contributed by atoms with E-state index in [2.05, 4.69) is 20.1 Å². The summed E-state index contributed by atoms with van der Waals surface area (Å²) >= 11 is 0. The van der Waals surface area contributed by atoms with Gasteiger partial charge in [0.05, 0.1) is 6.61 Å². The molecule has 1 aromatic rings. The van der Waals surface area contributed by atoms with Crippen LogP contribution in [-0.2, 0) is 11.4 Å². The van der Waals surface area contributed by atoms with Crippen molar-refractivity contribution in [1.82, 2.24) is 10.4 Å². The number of likely N-dealkylation sites (tertiary alicyclic amines) is 1. The van der Waals surface area contributed by atoms with Crippen LogP contribution in [0.2, 0.25) is 0 Å². The highest BCUT2D eigenvalue weighted by atomic mass is 19.4. The maximum atomic E-state index is 12.1. The Hall–Kier alpha value is -1.80. The fourth-order valence-electron chi connectivity index (χ4n) is 3.27. The molecule has 0 atom stereocenters. The zero-order valence-electron chi connectivity index (χ0n) is 14.8. The minimum Gasteiger partial charge on any atom is -0.406 e. The fraction of sp³-hybridized carbons (Fsp3) is 0.611. The quantitative estimate of drug-likeness (QED) is 0.472. The van der Waals surface area contributed by atoms with Crippen molar-refractivity contribution >= 4 is 5.84 Å². The molecule has 0 aromatic heterocycles. The second-order valence-corrected chi connectivity index (χ2v) is 6.73. The highest BCUT2D eigenvalue weighted by molar-refractivity contribution is 5.83. The van der Waals surface area contributed by atoms with Gasteiger partial charge in [0.25, 0.3) is 0 Å². The van der Waals surface area contributed by atoms with Gasteiger partial charge in [0.15, 0.2) is 0 Å². The first kappa shape index (κ1) is 19.0. The molecular weight excluding hydrogens is 347 g/mol. The standard InChI is InChI=1S/C18H24F3N3O2/c1-22-17(14-8-10-24(11-9-14)15-4-5-15)23-25-12-13-2-6-16(7-3-13)26-18(19,20)21/h2-3,6-7,14-15H,4-5,8-12H2,1H3,(H,22,23). The van der Waals surface area contributed by atoms with E-state index in [1.807, 2.05) is 0 Å². The molecule has 0 spiro atoms. The average molecular weight is 371 g/mol. The van der Waals surface area contributed by atoms with Crippen LogP contribution in [0.1, 0.15) is 31.2 Å². The number of nitrogens with zero attached hydrogens (tertiary/aromatic N) is 2. The van der Waals surface area contributed by atoms with E-state index in [1.165, 1.54) is 25.0 Å². The van der Waals surface area contributed by atoms with Gasteiger partial charge in [-0.3, -0.25) is 15.3 Å². The van der Waals surface area contributed by atoms with Crippen molar-refractivity contribution in [1.29, 1.82) is 0 Å². The summed E-state index contributed by atoms with van der Waals surface area (Å²) in [6.07, 6.45) is 0.0915. The average Bonchev–Trinajstić information content (AvgIpc) is 3.44. The lowest BCUT2D eigenvalue weighted by molar-refractivity contribution is -0.274. The SMILES string of the molecule is CN=C(NOCc1ccc(OC(F)(F)F)cc1)C1CCN(C2CC2)CC1. The Labute approximate surface area is 151 Å². The van der Waals surface area contributed by atoms with Crippen molar-refractivity contribution in [3.8, 4) is 5.75 Å². The highest BCUT2D eigenvalue weighted by Gasteiger charge is 2.33. The molecule has 3 rings (SSSR count). The van der Waals surface area contributed by atoms with E-state index in [0.29, 0.717) is 5.92 Å². The lowest BCUT2D eigenvalue weighted by Gasteiger charge is -2.32. The Morgan fingerprint density at radius 3 is 2.35 bits per heavy atom. The van der Waals surface area contributed by atoms with E-state index in [1.54, 1.807) is 19.2 Å². The summed E-state index contributed by atoms with van der Waals surface area (Å²) in [5.74, 6) is 0.947. The van der Waals surface area contributed by atoms with Crippen LogP contribution in [0.15, 0.2) is 29.3 Å². The summed E-state index contributed by atoms with van der Waals surface area (Å²) in [7, 11) is 1.74. The van der Waals surface area contributed by atoms with Crippen molar-refractivity contribution in [3.63, 3.8) is 0 Å². The second-order valence-electron chi connectivity index (χ2n) is 6.73. The number of alkyl halides is 3. The largest absolute Gasteiger partial charge is 0.573 e. The predicted octanol–water partition coefficient (Wildman–Crippen LogP) is 3.51. The molecule has 1 aliphatic carbocycles. The molecule has 1 aliphatic heterocycles. The van der Waals surface area contributed by atoms with Gasteiger partial charge < -0.3 is 9.64 Å². The molecule has 0 radical (unpaired) electrons. The predicted molar refractivity (Wildman–Crippen MR) is 91.7 cm³/mol. The summed E-state index contributed by atoms with van der Waals surface area (Å²) < 4.78 is 40.3. The number of rotatable bonds is 6. The van der Waals surface area contributed by atoms with Crippen LogP contribution >= 0.6 is 0 Å². The first-order valence-electron chi connectivity index (χ1n) is 8.88. The van der Waals surface area contributed by atoms with Gasteiger partial charge in [0.1, 0.15) is 11.6 Å². The van der Waals surface area contributed by atoms with Gasteiger partial charge >= 0.3 is 6.36 Å². The van der Waals surface area contributed by atoms with E-state index in [9.17, 15) is 13.2 Å². The normalized spacial score (nSPS) is 20.2. The minimum absolute atomic E-state index is 0.228. The van der Waals surface area contributed by atoms with Crippen molar-refractivity contribution < 1.29 is 22.7 Å². The number of aliphatic imine (C=N–C) groups is 1. The first-order chi connectivity index (χ1) is 12.4. The second kappa shape index (κ2) is 8.26. The number of hydrogen-bond acceptors (Lipinski definition) is 4. The van der Waals surface area contributed by atoms with Crippen LogP contribution in [0.5, 0.6) is 5.75 Å². The number of hydroxylamine groups is 1. The molecule has 1 saturated carbocycles. The van der Waals surface area contributed by atoms with Gasteiger partial charge in [-0.25, -0.2) is 0 Å². The number of hydrogen-bond donors (Lipinski definition) is 1. The van der Waals surface area contributed by atoms with Gasteiger partial charge in [-0.1, -0.05) is 12.1 Å². The van der Waals surface area contributed by atoms with Crippen LogP contribution in [0.3, 0.4) is 0 Å². The molecule has 1 N–H and O–H groups in total. The van der Waals surface area contributed by atoms with E-state index in [0.717, 1.165) is 43.4 Å². The van der Waals surface area contributed by atoms with Gasteiger partial charge in [0.2, 0.25) is 0 Å². The Balaban J connectivity index is 1.41. The number of amidine groups is 1. The van der Waals surface area contributed by atoms with Crippen LogP contribution in [-0.4, -0.2) is 43.3 Å². The number of halogens is 3. The third-order valence-electron chi connectivity index (χ3n) is 4.79. The summed E-state index contributed by atoms with van der Waals surface area (Å²) in [4.78, 5) is 12.3. The molecule has 0 unspecified atom stereocenters. The lowest BCUT2D eigenvalue weighted by atomic mass is 9.95. The maximum absolute atomic E-state index is 12.1. The zero-order chi connectivity index (χ0) is 18.6. The molecule has 1 aromatic carbocycles. The molecule has 0 bridgehead atoms. The molecule has 5 nitrogen and oxygen atoms in total. The van der Waals surface area contributed by atoms with Crippen LogP contribution < -0.4 is 10.2 Å². The van der Waals surface area contributed by atoms with Crippen molar-refractivity contribution in [2.45, 2.75) is 44.7 Å². The Kier molecular flexibility index (Phi) is 6.03. The number of benzene rings is 1. The molecule has 0 amide bonds. The molecule has 1 saturated heterocycles. The third-order valence-corrected chi connectivity index (χ3v) is 4.79. The lowest BCUT2D eigenvalue weighted by Crippen LogP contribution is -2.41. The van der Waals surface area contributed by atoms with E-state index in [-0.39, 0.29) is 12.4 Å². The number of ether oxygens (including phenoxy) is 1. The Bertz CT molecular complexity index is 607. The van der Waals surface area contributed by atoms with Gasteiger partial charge in [-0.2, -0.15) is 0 Å². The highest BCUT2D eigenvalue weighted by Crippen LogP contribution is 2.31. The third kappa shape index (κ3) is 5.60. The van der Waals surface area contributed by atoms with Crippen molar-refractivity contribution in [2.24, 2.45) is 10.9 Å². The van der Waals surface area contributed by atoms with Crippen LogP contribution in [0.4, 0.5) is 13.2 Å². The van der Waals surface area contributed by atoms with Crippen LogP contribution in [0.25, 0.3) is 0 Å². The molecule has 8 heteroatoms. The fourth-order valence-corrected chi connectivity index (χ4v) is 3.27. The van der Waals surface area contributed by atoms with Crippen LogP contribution in [0, 0.1) is 5.92 Å². The molecule has 2 aliphatic rings. The van der Waals surface area contributed by atoms with Gasteiger partial charge in [-0.15, -0.1) is 13.2 Å². The maximum Gasteiger partial charge on any atom is 0.573 e. The topological polar surface area (TPSA) is 46.1 Å². The monoisotopic (exact) mass is 371 g/mol. The Morgan fingerprint density at radius 2 is 1.81 bits per heavy atom. The molecular formula is C18H24F3N3O2. The van der Waals surface area contributed by atoms with E-state index < -0.39 is 6.36 Å². The van der Waals surface area contributed by atoms with Gasteiger partial charge in [0, 0.05) is 19.0 Å². The van der Waals surface area contributed by atoms with E-state index in [4.69, 9.17) is 4.84 Å². The first-order valence-corrected chi connectivity index (χ1v) is 8.88. The van der Waals surface area contributed by atoms with Gasteiger partial charge in [-0.05, 0) is 56.5 Å². The Morgan fingerprint density at radius 1 is 1.15 bits per heavy atom. The minimum atomic E-state index is -4.68.